The summed E-state index contributed by atoms with van der Waals surface area (Å²) < 4.78 is 29.7. The van der Waals surface area contributed by atoms with Gasteiger partial charge in [0.1, 0.15) is 6.10 Å². The van der Waals surface area contributed by atoms with Gasteiger partial charge in [0.25, 0.3) is 0 Å². The molecule has 170 valence electrons. The van der Waals surface area contributed by atoms with Gasteiger partial charge in [-0.15, -0.1) is 0 Å². The van der Waals surface area contributed by atoms with Crippen LogP contribution in [0, 0.1) is 5.92 Å². The van der Waals surface area contributed by atoms with E-state index in [1.165, 1.54) is 0 Å². The summed E-state index contributed by atoms with van der Waals surface area (Å²) in [4.78, 5) is 24.5. The number of carboxylic acids is 1. The Hall–Kier alpha value is -2.71. The predicted octanol–water partition coefficient (Wildman–Crippen LogP) is 3.28. The summed E-state index contributed by atoms with van der Waals surface area (Å²) in [6, 6.07) is 13.2. The SMILES string of the molecule is CS(=O)(=O)c1cccc(COC(C(=O)NC2(c3ccc(C(=O)O)cc3)CC2)C2CCC2)c1. The first-order valence-corrected chi connectivity index (χ1v) is 12.6. The minimum Gasteiger partial charge on any atom is -0.478 e. The molecule has 2 N–H and O–H groups in total. The molecular formula is C24H27NO6S. The van der Waals surface area contributed by atoms with Gasteiger partial charge in [0.15, 0.2) is 9.84 Å². The van der Waals surface area contributed by atoms with Gasteiger partial charge in [-0.2, -0.15) is 0 Å². The second-order valence-electron chi connectivity index (χ2n) is 8.80. The molecule has 0 radical (unpaired) electrons. The number of sulfone groups is 1. The number of benzene rings is 2. The molecule has 2 aliphatic rings. The summed E-state index contributed by atoms with van der Waals surface area (Å²) in [5.74, 6) is -1.02. The van der Waals surface area contributed by atoms with Gasteiger partial charge < -0.3 is 15.2 Å². The third-order valence-electron chi connectivity index (χ3n) is 6.39. The standard InChI is InChI=1S/C24H27NO6S/c1-32(29,30)20-7-2-4-16(14-20)15-31-21(17-5-3-6-17)22(26)25-24(12-13-24)19-10-8-18(9-11-19)23(27)28/h2,4,7-11,14,17,21H,3,5-6,12-13,15H2,1H3,(H,25,26)(H,27,28). The Morgan fingerprint density at radius 2 is 1.84 bits per heavy atom. The maximum Gasteiger partial charge on any atom is 0.335 e. The van der Waals surface area contributed by atoms with E-state index < -0.39 is 27.4 Å². The van der Waals surface area contributed by atoms with Crippen molar-refractivity contribution in [2.24, 2.45) is 5.92 Å². The van der Waals surface area contributed by atoms with Crippen molar-refractivity contribution in [3.63, 3.8) is 0 Å². The van der Waals surface area contributed by atoms with Crippen LogP contribution >= 0.6 is 0 Å². The normalized spacial score (nSPS) is 18.4. The molecule has 32 heavy (non-hydrogen) atoms. The highest BCUT2D eigenvalue weighted by atomic mass is 32.2. The molecule has 2 saturated carbocycles. The number of carbonyl (C=O) groups is 2. The lowest BCUT2D eigenvalue weighted by Crippen LogP contribution is -2.47. The fourth-order valence-electron chi connectivity index (χ4n) is 4.07. The molecule has 0 aromatic heterocycles. The van der Waals surface area contributed by atoms with Gasteiger partial charge in [-0.1, -0.05) is 30.7 Å². The first kappa shape index (κ1) is 22.5. The zero-order chi connectivity index (χ0) is 22.9. The number of hydrogen-bond acceptors (Lipinski definition) is 5. The summed E-state index contributed by atoms with van der Waals surface area (Å²) in [6.45, 7) is 0.151. The lowest BCUT2D eigenvalue weighted by molar-refractivity contribution is -0.141. The molecular weight excluding hydrogens is 430 g/mol. The highest BCUT2D eigenvalue weighted by Gasteiger charge is 2.47. The van der Waals surface area contributed by atoms with Gasteiger partial charge in [-0.05, 0) is 67.0 Å². The summed E-state index contributed by atoms with van der Waals surface area (Å²) in [6.07, 6.45) is 5.03. The molecule has 8 heteroatoms. The molecule has 2 aromatic rings. The Kier molecular flexibility index (Phi) is 6.09. The van der Waals surface area contributed by atoms with E-state index in [0.29, 0.717) is 5.56 Å². The average Bonchev–Trinajstić information content (AvgIpc) is 3.49. The predicted molar refractivity (Wildman–Crippen MR) is 118 cm³/mol. The van der Waals surface area contributed by atoms with E-state index in [0.717, 1.165) is 43.9 Å². The molecule has 0 bridgehead atoms. The van der Waals surface area contributed by atoms with Crippen molar-refractivity contribution in [2.45, 2.75) is 55.2 Å². The van der Waals surface area contributed by atoms with E-state index in [4.69, 9.17) is 9.84 Å². The molecule has 2 aliphatic carbocycles. The minimum atomic E-state index is -3.32. The fraction of sp³-hybridized carbons (Fsp3) is 0.417. The molecule has 1 atom stereocenters. The van der Waals surface area contributed by atoms with Gasteiger partial charge in [0.2, 0.25) is 5.91 Å². The first-order chi connectivity index (χ1) is 15.2. The second kappa shape index (κ2) is 8.67. The van der Waals surface area contributed by atoms with Crippen LogP contribution in [0.4, 0.5) is 0 Å². The van der Waals surface area contributed by atoms with Gasteiger partial charge in [-0.3, -0.25) is 4.79 Å². The third-order valence-corrected chi connectivity index (χ3v) is 7.50. The van der Waals surface area contributed by atoms with Crippen molar-refractivity contribution < 1.29 is 27.9 Å². The van der Waals surface area contributed by atoms with Crippen LogP contribution in [0.3, 0.4) is 0 Å². The summed E-state index contributed by atoms with van der Waals surface area (Å²) in [5.41, 5.74) is 1.33. The van der Waals surface area contributed by atoms with Crippen LogP contribution in [0.25, 0.3) is 0 Å². The zero-order valence-electron chi connectivity index (χ0n) is 17.9. The van der Waals surface area contributed by atoms with Crippen molar-refractivity contribution in [3.8, 4) is 0 Å². The van der Waals surface area contributed by atoms with E-state index in [9.17, 15) is 18.0 Å². The molecule has 1 amide bonds. The second-order valence-corrected chi connectivity index (χ2v) is 10.8. The van der Waals surface area contributed by atoms with Crippen LogP contribution < -0.4 is 5.32 Å². The zero-order valence-corrected chi connectivity index (χ0v) is 18.7. The van der Waals surface area contributed by atoms with Gasteiger partial charge in [0, 0.05) is 6.26 Å². The topological polar surface area (TPSA) is 110 Å². The van der Waals surface area contributed by atoms with Crippen molar-refractivity contribution in [1.29, 1.82) is 0 Å². The quantitative estimate of drug-likeness (QED) is 0.598. The minimum absolute atomic E-state index is 0.137. The van der Waals surface area contributed by atoms with Gasteiger partial charge >= 0.3 is 5.97 Å². The Labute approximate surface area is 187 Å². The number of hydrogen-bond donors (Lipinski definition) is 2. The van der Waals surface area contributed by atoms with Crippen molar-refractivity contribution in [3.05, 3.63) is 65.2 Å². The molecule has 1 unspecified atom stereocenters. The molecule has 2 aromatic carbocycles. The Morgan fingerprint density at radius 3 is 2.38 bits per heavy atom. The molecule has 0 aliphatic heterocycles. The van der Waals surface area contributed by atoms with Crippen molar-refractivity contribution in [1.82, 2.24) is 5.32 Å². The monoisotopic (exact) mass is 457 g/mol. The Morgan fingerprint density at radius 1 is 1.16 bits per heavy atom. The lowest BCUT2D eigenvalue weighted by Gasteiger charge is -2.34. The van der Waals surface area contributed by atoms with E-state index >= 15 is 0 Å². The maximum atomic E-state index is 13.2. The number of aromatic carboxylic acids is 1. The first-order valence-electron chi connectivity index (χ1n) is 10.7. The van der Waals surface area contributed by atoms with Crippen molar-refractivity contribution >= 4 is 21.7 Å². The molecule has 0 spiro atoms. The van der Waals surface area contributed by atoms with Crippen LogP contribution in [-0.4, -0.2) is 37.8 Å². The van der Waals surface area contributed by atoms with E-state index in [2.05, 4.69) is 5.32 Å². The molecule has 0 heterocycles. The lowest BCUT2D eigenvalue weighted by atomic mass is 9.80. The largest absolute Gasteiger partial charge is 0.478 e. The van der Waals surface area contributed by atoms with Crippen LogP contribution in [0.2, 0.25) is 0 Å². The van der Waals surface area contributed by atoms with Crippen molar-refractivity contribution in [2.75, 3.05) is 6.26 Å². The van der Waals surface area contributed by atoms with E-state index in [1.54, 1.807) is 48.5 Å². The molecule has 2 fully saturated rings. The summed E-state index contributed by atoms with van der Waals surface area (Å²) >= 11 is 0. The number of amides is 1. The van der Waals surface area contributed by atoms with Gasteiger partial charge in [0.05, 0.1) is 22.6 Å². The van der Waals surface area contributed by atoms with Crippen LogP contribution in [-0.2, 0) is 31.5 Å². The summed E-state index contributed by atoms with van der Waals surface area (Å²) in [5, 5.41) is 12.2. The highest BCUT2D eigenvalue weighted by molar-refractivity contribution is 7.90. The maximum absolute atomic E-state index is 13.2. The number of ether oxygens (including phenoxy) is 1. The molecule has 0 saturated heterocycles. The van der Waals surface area contributed by atoms with Crippen LogP contribution in [0.15, 0.2) is 53.4 Å². The highest BCUT2D eigenvalue weighted by Crippen LogP contribution is 2.46. The third kappa shape index (κ3) is 4.86. The Bertz CT molecular complexity index is 1120. The van der Waals surface area contributed by atoms with E-state index in [1.807, 2.05) is 0 Å². The number of rotatable bonds is 9. The molecule has 4 rings (SSSR count). The smallest absolute Gasteiger partial charge is 0.335 e. The molecule has 7 nitrogen and oxygen atoms in total. The van der Waals surface area contributed by atoms with E-state index in [-0.39, 0.29) is 28.9 Å². The van der Waals surface area contributed by atoms with Gasteiger partial charge in [-0.25, -0.2) is 13.2 Å². The van der Waals surface area contributed by atoms with Crippen LogP contribution in [0.1, 0.15) is 53.6 Å². The fourth-order valence-corrected chi connectivity index (χ4v) is 4.76. The number of carboxylic acid groups (broad SMARTS) is 1. The Balaban J connectivity index is 1.45. The average molecular weight is 458 g/mol. The number of carbonyl (C=O) groups excluding carboxylic acids is 1. The van der Waals surface area contributed by atoms with Crippen LogP contribution in [0.5, 0.6) is 0 Å². The summed E-state index contributed by atoms with van der Waals surface area (Å²) in [7, 11) is -3.32. The number of nitrogens with one attached hydrogen (secondary N) is 1.